The molecule has 0 aromatic heterocycles. The first-order chi connectivity index (χ1) is 12.1. The van der Waals surface area contributed by atoms with Gasteiger partial charge in [-0.05, 0) is 23.3 Å². The molecule has 0 saturated heterocycles. The maximum Gasteiger partial charge on any atom is 0.257 e. The highest BCUT2D eigenvalue weighted by Crippen LogP contribution is 2.26. The fourth-order valence-electron chi connectivity index (χ4n) is 3.10. The summed E-state index contributed by atoms with van der Waals surface area (Å²) in [5.41, 5.74) is 3.04. The van der Waals surface area contributed by atoms with Crippen LogP contribution in [0.2, 0.25) is 0 Å². The van der Waals surface area contributed by atoms with E-state index in [0.29, 0.717) is 30.2 Å². The zero-order valence-corrected chi connectivity index (χ0v) is 14.8. The largest absolute Gasteiger partial charge is 0.497 e. The second-order valence-corrected chi connectivity index (χ2v) is 6.16. The van der Waals surface area contributed by atoms with Gasteiger partial charge in [-0.25, -0.2) is 0 Å². The summed E-state index contributed by atoms with van der Waals surface area (Å²) < 4.78 is 16.4. The second kappa shape index (κ2) is 7.57. The summed E-state index contributed by atoms with van der Waals surface area (Å²) in [6.07, 6.45) is 0.807. The van der Waals surface area contributed by atoms with Gasteiger partial charge in [-0.2, -0.15) is 0 Å². The van der Waals surface area contributed by atoms with Crippen molar-refractivity contribution in [1.82, 2.24) is 4.90 Å². The summed E-state index contributed by atoms with van der Waals surface area (Å²) in [5, 5.41) is 0. The molecule has 0 unspecified atom stereocenters. The number of rotatable bonds is 5. The van der Waals surface area contributed by atoms with Crippen LogP contribution < -0.4 is 9.47 Å². The Morgan fingerprint density at radius 3 is 2.64 bits per heavy atom. The van der Waals surface area contributed by atoms with Crippen molar-refractivity contribution in [3.63, 3.8) is 0 Å². The number of carbonyl (C=O) groups is 1. The molecular weight excluding hydrogens is 318 g/mol. The Morgan fingerprint density at radius 1 is 1.16 bits per heavy atom. The van der Waals surface area contributed by atoms with Gasteiger partial charge < -0.3 is 19.1 Å². The Hall–Kier alpha value is -2.53. The first-order valence-electron chi connectivity index (χ1n) is 8.28. The number of nitrogens with zero attached hydrogens (tertiary/aromatic N) is 1. The minimum absolute atomic E-state index is 0.00640. The zero-order chi connectivity index (χ0) is 17.8. The lowest BCUT2D eigenvalue weighted by molar-refractivity contribution is 0.00978. The molecule has 1 heterocycles. The third kappa shape index (κ3) is 3.77. The molecule has 5 heteroatoms. The normalized spacial score (nSPS) is 16.0. The van der Waals surface area contributed by atoms with Crippen LogP contribution in [0.3, 0.4) is 0 Å². The molecule has 25 heavy (non-hydrogen) atoms. The Labute approximate surface area is 148 Å². The van der Waals surface area contributed by atoms with Crippen LogP contribution >= 0.6 is 0 Å². The van der Waals surface area contributed by atoms with Gasteiger partial charge in [-0.15, -0.1) is 0 Å². The number of ether oxygens (including phenoxy) is 3. The molecule has 5 nitrogen and oxygen atoms in total. The molecule has 1 amide bonds. The van der Waals surface area contributed by atoms with Crippen molar-refractivity contribution in [2.75, 3.05) is 27.8 Å². The molecule has 2 aromatic carbocycles. The Balaban J connectivity index is 1.69. The van der Waals surface area contributed by atoms with E-state index in [9.17, 15) is 4.79 Å². The maximum atomic E-state index is 12.8. The van der Waals surface area contributed by atoms with Crippen LogP contribution in [0.25, 0.3) is 0 Å². The van der Waals surface area contributed by atoms with Crippen LogP contribution in [0.4, 0.5) is 0 Å². The van der Waals surface area contributed by atoms with Crippen LogP contribution in [0.1, 0.15) is 21.5 Å². The van der Waals surface area contributed by atoms with E-state index in [0.717, 1.165) is 6.42 Å². The van der Waals surface area contributed by atoms with E-state index in [4.69, 9.17) is 14.2 Å². The molecule has 0 spiro atoms. The maximum absolute atomic E-state index is 12.8. The summed E-state index contributed by atoms with van der Waals surface area (Å²) in [7, 11) is 4.92. The molecule has 0 saturated carbocycles. The van der Waals surface area contributed by atoms with Crippen molar-refractivity contribution in [3.05, 3.63) is 59.2 Å². The van der Waals surface area contributed by atoms with E-state index >= 15 is 0 Å². The van der Waals surface area contributed by atoms with E-state index in [1.165, 1.54) is 11.1 Å². The number of hydrogen-bond acceptors (Lipinski definition) is 4. The first-order valence-corrected chi connectivity index (χ1v) is 8.28. The molecule has 0 radical (unpaired) electrons. The molecule has 1 aliphatic rings. The van der Waals surface area contributed by atoms with Gasteiger partial charge in [0.1, 0.15) is 11.5 Å². The lowest BCUT2D eigenvalue weighted by atomic mass is 9.99. The smallest absolute Gasteiger partial charge is 0.257 e. The Bertz CT molecular complexity index is 759. The average Bonchev–Trinajstić information content (AvgIpc) is 2.66. The van der Waals surface area contributed by atoms with Gasteiger partial charge in [0, 0.05) is 26.1 Å². The highest BCUT2D eigenvalue weighted by Gasteiger charge is 2.24. The van der Waals surface area contributed by atoms with E-state index in [1.807, 2.05) is 12.1 Å². The number of hydrogen-bond donors (Lipinski definition) is 0. The topological polar surface area (TPSA) is 48.0 Å². The van der Waals surface area contributed by atoms with E-state index < -0.39 is 0 Å². The lowest BCUT2D eigenvalue weighted by Crippen LogP contribution is -2.38. The van der Waals surface area contributed by atoms with Gasteiger partial charge in [-0.1, -0.05) is 24.3 Å². The summed E-state index contributed by atoms with van der Waals surface area (Å²) in [6, 6.07) is 13.5. The van der Waals surface area contributed by atoms with Gasteiger partial charge in [0.2, 0.25) is 0 Å². The van der Waals surface area contributed by atoms with E-state index in [2.05, 4.69) is 12.1 Å². The van der Waals surface area contributed by atoms with Crippen molar-refractivity contribution in [2.24, 2.45) is 0 Å². The molecule has 0 fully saturated rings. The molecule has 0 N–H and O–H groups in total. The van der Waals surface area contributed by atoms with E-state index in [-0.39, 0.29) is 12.0 Å². The minimum atomic E-state index is -0.0954. The predicted octanol–water partition coefficient (Wildman–Crippen LogP) is 2.92. The molecule has 1 aliphatic heterocycles. The molecule has 132 valence electrons. The second-order valence-electron chi connectivity index (χ2n) is 6.16. The number of benzene rings is 2. The number of likely N-dealkylation sites (N-methyl/N-ethyl adjacent to an activating group) is 1. The van der Waals surface area contributed by atoms with Crippen molar-refractivity contribution in [1.29, 1.82) is 0 Å². The third-order valence-corrected chi connectivity index (χ3v) is 4.50. The molecular formula is C20H23NO4. The predicted molar refractivity (Wildman–Crippen MR) is 95.2 cm³/mol. The fraction of sp³-hybridized carbons (Fsp3) is 0.350. The monoisotopic (exact) mass is 341 g/mol. The molecule has 0 aliphatic carbocycles. The van der Waals surface area contributed by atoms with Crippen molar-refractivity contribution in [3.8, 4) is 11.5 Å². The minimum Gasteiger partial charge on any atom is -0.497 e. The highest BCUT2D eigenvalue weighted by atomic mass is 16.5. The van der Waals surface area contributed by atoms with Crippen molar-refractivity contribution in [2.45, 2.75) is 19.1 Å². The molecule has 1 atom stereocenters. The van der Waals surface area contributed by atoms with Crippen molar-refractivity contribution < 1.29 is 19.0 Å². The summed E-state index contributed by atoms with van der Waals surface area (Å²) in [4.78, 5) is 14.5. The van der Waals surface area contributed by atoms with Crippen LogP contribution in [0.15, 0.2) is 42.5 Å². The number of carbonyl (C=O) groups excluding carboxylic acids is 1. The average molecular weight is 341 g/mol. The number of amides is 1. The fourth-order valence-corrected chi connectivity index (χ4v) is 3.10. The Kier molecular flexibility index (Phi) is 5.24. The van der Waals surface area contributed by atoms with Gasteiger partial charge >= 0.3 is 0 Å². The van der Waals surface area contributed by atoms with Crippen LogP contribution in [0, 0.1) is 0 Å². The standard InChI is InChI=1S/C20H23NO4/c1-21(12-17-10-14-6-4-5-7-15(14)13-25-17)20(22)18-9-8-16(23-2)11-19(18)24-3/h4-9,11,17H,10,12-13H2,1-3H3/t17-/m1/s1. The summed E-state index contributed by atoms with van der Waals surface area (Å²) in [5.74, 6) is 1.07. The summed E-state index contributed by atoms with van der Waals surface area (Å²) >= 11 is 0. The summed E-state index contributed by atoms with van der Waals surface area (Å²) in [6.45, 7) is 1.12. The molecule has 2 aromatic rings. The van der Waals surface area contributed by atoms with Gasteiger partial charge in [0.15, 0.2) is 0 Å². The van der Waals surface area contributed by atoms with Gasteiger partial charge in [0.05, 0.1) is 32.5 Å². The molecule has 3 rings (SSSR count). The highest BCUT2D eigenvalue weighted by molar-refractivity contribution is 5.97. The third-order valence-electron chi connectivity index (χ3n) is 4.50. The number of fused-ring (bicyclic) bond motifs is 1. The molecule has 0 bridgehead atoms. The van der Waals surface area contributed by atoms with Crippen LogP contribution in [-0.2, 0) is 17.8 Å². The lowest BCUT2D eigenvalue weighted by Gasteiger charge is -2.29. The first kappa shape index (κ1) is 17.3. The SMILES string of the molecule is COc1ccc(C(=O)N(C)C[C@H]2Cc3ccccc3CO2)c(OC)c1. The van der Waals surface area contributed by atoms with E-state index in [1.54, 1.807) is 44.4 Å². The number of methoxy groups -OCH3 is 2. The van der Waals surface area contributed by atoms with Gasteiger partial charge in [-0.3, -0.25) is 4.79 Å². The van der Waals surface area contributed by atoms with Crippen LogP contribution in [-0.4, -0.2) is 44.7 Å². The van der Waals surface area contributed by atoms with Crippen LogP contribution in [0.5, 0.6) is 11.5 Å². The quantitative estimate of drug-likeness (QED) is 0.839. The zero-order valence-electron chi connectivity index (χ0n) is 14.8. The van der Waals surface area contributed by atoms with Gasteiger partial charge in [0.25, 0.3) is 5.91 Å². The Morgan fingerprint density at radius 2 is 1.92 bits per heavy atom. The van der Waals surface area contributed by atoms with Crippen molar-refractivity contribution >= 4 is 5.91 Å².